The molecule has 0 atom stereocenters. The van der Waals surface area contributed by atoms with E-state index < -0.39 is 0 Å². The summed E-state index contributed by atoms with van der Waals surface area (Å²) in [6, 6.07) is 10.8. The molecular weight excluding hydrogens is 368 g/mol. The van der Waals surface area contributed by atoms with Crippen molar-refractivity contribution in [3.05, 3.63) is 69.7 Å². The average molecular weight is 385 g/mol. The average Bonchev–Trinajstić information content (AvgIpc) is 2.65. The molecule has 0 unspecified atom stereocenters. The molecule has 0 aliphatic carbocycles. The summed E-state index contributed by atoms with van der Waals surface area (Å²) in [4.78, 5) is 20.6. The minimum absolute atomic E-state index is 0.183. The number of hydrogen-bond donors (Lipinski definition) is 0. The van der Waals surface area contributed by atoms with Crippen molar-refractivity contribution in [1.82, 2.24) is 19.7 Å². The molecule has 27 heavy (non-hydrogen) atoms. The van der Waals surface area contributed by atoms with Gasteiger partial charge in [-0.1, -0.05) is 23.7 Å². The maximum atomic E-state index is 12.1. The summed E-state index contributed by atoms with van der Waals surface area (Å²) in [7, 11) is 0. The molecule has 0 spiro atoms. The Morgan fingerprint density at radius 1 is 1.11 bits per heavy atom. The third kappa shape index (κ3) is 4.32. The van der Waals surface area contributed by atoms with Crippen molar-refractivity contribution >= 4 is 11.6 Å². The van der Waals surface area contributed by atoms with E-state index in [-0.39, 0.29) is 5.56 Å². The van der Waals surface area contributed by atoms with E-state index in [1.54, 1.807) is 30.6 Å². The Hall–Kier alpha value is -2.77. The predicted octanol–water partition coefficient (Wildman–Crippen LogP) is 2.43. The second kappa shape index (κ2) is 7.85. The van der Waals surface area contributed by atoms with Crippen molar-refractivity contribution in [2.45, 2.75) is 6.54 Å². The quantitative estimate of drug-likeness (QED) is 0.649. The van der Waals surface area contributed by atoms with Crippen LogP contribution in [0.1, 0.15) is 5.56 Å². The minimum Gasteiger partial charge on any atom is -0.463 e. The van der Waals surface area contributed by atoms with Gasteiger partial charge in [0.05, 0.1) is 32.1 Å². The molecular formula is C19H17ClN4O3. The highest BCUT2D eigenvalue weighted by Crippen LogP contribution is 2.17. The van der Waals surface area contributed by atoms with Crippen LogP contribution in [0.2, 0.25) is 5.02 Å². The van der Waals surface area contributed by atoms with Crippen molar-refractivity contribution < 1.29 is 9.47 Å². The van der Waals surface area contributed by atoms with E-state index >= 15 is 0 Å². The van der Waals surface area contributed by atoms with Gasteiger partial charge in [-0.15, -0.1) is 0 Å². The number of ether oxygens (including phenoxy) is 2. The highest BCUT2D eigenvalue weighted by atomic mass is 35.5. The normalized spacial score (nSPS) is 14.0. The van der Waals surface area contributed by atoms with Gasteiger partial charge in [0.2, 0.25) is 0 Å². The van der Waals surface area contributed by atoms with E-state index in [0.29, 0.717) is 41.4 Å². The fraction of sp³-hybridized carbons (Fsp3) is 0.263. The number of benzene rings is 1. The van der Waals surface area contributed by atoms with Crippen LogP contribution in [0.3, 0.4) is 0 Å². The van der Waals surface area contributed by atoms with Gasteiger partial charge in [-0.25, -0.2) is 14.6 Å². The Kier molecular flexibility index (Phi) is 5.13. The summed E-state index contributed by atoms with van der Waals surface area (Å²) < 4.78 is 12.1. The molecule has 7 nitrogen and oxygen atoms in total. The lowest BCUT2D eigenvalue weighted by molar-refractivity contribution is -0.0520. The SMILES string of the molecule is O=c1ccc(-c2cnc(OCC3COC3)nc2)nn1Cc1ccc(Cl)cc1. The summed E-state index contributed by atoms with van der Waals surface area (Å²) in [6.07, 6.45) is 3.28. The Morgan fingerprint density at radius 3 is 2.52 bits per heavy atom. The summed E-state index contributed by atoms with van der Waals surface area (Å²) >= 11 is 5.90. The van der Waals surface area contributed by atoms with E-state index in [1.165, 1.54) is 10.7 Å². The standard InChI is InChI=1S/C19H17ClN4O3/c20-16-3-1-13(2-4-16)9-24-18(25)6-5-17(23-24)15-7-21-19(22-8-15)27-12-14-10-26-11-14/h1-8,14H,9-12H2. The third-order valence-electron chi connectivity index (χ3n) is 4.19. The fourth-order valence-corrected chi connectivity index (χ4v) is 2.70. The summed E-state index contributed by atoms with van der Waals surface area (Å²) in [6.45, 7) is 2.34. The number of rotatable bonds is 6. The van der Waals surface area contributed by atoms with Gasteiger partial charge >= 0.3 is 6.01 Å². The smallest absolute Gasteiger partial charge is 0.316 e. The molecule has 1 aliphatic heterocycles. The molecule has 8 heteroatoms. The van der Waals surface area contributed by atoms with Crippen LogP contribution in [0.4, 0.5) is 0 Å². The van der Waals surface area contributed by atoms with Crippen molar-refractivity contribution in [3.8, 4) is 17.3 Å². The summed E-state index contributed by atoms with van der Waals surface area (Å²) in [5.74, 6) is 0.409. The highest BCUT2D eigenvalue weighted by Gasteiger charge is 2.19. The molecule has 1 aromatic carbocycles. The van der Waals surface area contributed by atoms with E-state index in [4.69, 9.17) is 21.1 Å². The first-order valence-corrected chi connectivity index (χ1v) is 8.91. The molecule has 0 bridgehead atoms. The number of aromatic nitrogens is 4. The van der Waals surface area contributed by atoms with Crippen LogP contribution in [0.5, 0.6) is 6.01 Å². The van der Waals surface area contributed by atoms with Gasteiger partial charge in [-0.05, 0) is 23.8 Å². The lowest BCUT2D eigenvalue weighted by Gasteiger charge is -2.25. The maximum Gasteiger partial charge on any atom is 0.316 e. The van der Waals surface area contributed by atoms with Crippen LogP contribution in [-0.4, -0.2) is 39.6 Å². The second-order valence-electron chi connectivity index (χ2n) is 6.31. The number of nitrogens with zero attached hydrogens (tertiary/aromatic N) is 4. The zero-order valence-electron chi connectivity index (χ0n) is 14.4. The van der Waals surface area contributed by atoms with E-state index in [0.717, 1.165) is 18.8 Å². The van der Waals surface area contributed by atoms with E-state index in [2.05, 4.69) is 15.1 Å². The first-order valence-electron chi connectivity index (χ1n) is 8.53. The van der Waals surface area contributed by atoms with Gasteiger partial charge in [0, 0.05) is 35.0 Å². The van der Waals surface area contributed by atoms with Crippen molar-refractivity contribution in [2.75, 3.05) is 19.8 Å². The first kappa shape index (κ1) is 17.6. The maximum absolute atomic E-state index is 12.1. The lowest BCUT2D eigenvalue weighted by atomic mass is 10.1. The zero-order valence-corrected chi connectivity index (χ0v) is 15.2. The minimum atomic E-state index is -0.183. The lowest BCUT2D eigenvalue weighted by Crippen LogP contribution is -2.32. The molecule has 138 valence electrons. The van der Waals surface area contributed by atoms with Gasteiger partial charge in [0.15, 0.2) is 0 Å². The van der Waals surface area contributed by atoms with Crippen molar-refractivity contribution in [1.29, 1.82) is 0 Å². The molecule has 0 amide bonds. The zero-order chi connectivity index (χ0) is 18.6. The van der Waals surface area contributed by atoms with Gasteiger partial charge in [-0.2, -0.15) is 5.10 Å². The molecule has 0 N–H and O–H groups in total. The Labute approximate surface area is 160 Å². The highest BCUT2D eigenvalue weighted by molar-refractivity contribution is 6.30. The number of hydrogen-bond acceptors (Lipinski definition) is 6. The van der Waals surface area contributed by atoms with Crippen molar-refractivity contribution in [2.24, 2.45) is 5.92 Å². The van der Waals surface area contributed by atoms with Crippen LogP contribution in [-0.2, 0) is 11.3 Å². The second-order valence-corrected chi connectivity index (χ2v) is 6.75. The molecule has 1 fully saturated rings. The monoisotopic (exact) mass is 384 g/mol. The van der Waals surface area contributed by atoms with Crippen LogP contribution in [0, 0.1) is 5.92 Å². The molecule has 4 rings (SSSR count). The van der Waals surface area contributed by atoms with Gasteiger partial charge in [0.25, 0.3) is 5.56 Å². The summed E-state index contributed by atoms with van der Waals surface area (Å²) in [5, 5.41) is 5.07. The molecule has 3 heterocycles. The molecule has 1 aliphatic rings. The molecule has 0 saturated carbocycles. The molecule has 3 aromatic rings. The Balaban J connectivity index is 1.49. The fourth-order valence-electron chi connectivity index (χ4n) is 2.58. The van der Waals surface area contributed by atoms with Crippen molar-refractivity contribution in [3.63, 3.8) is 0 Å². The number of halogens is 1. The topological polar surface area (TPSA) is 79.1 Å². The van der Waals surface area contributed by atoms with E-state index in [1.807, 2.05) is 12.1 Å². The van der Waals surface area contributed by atoms with Gasteiger partial charge in [-0.3, -0.25) is 4.79 Å². The molecule has 1 saturated heterocycles. The Morgan fingerprint density at radius 2 is 1.85 bits per heavy atom. The van der Waals surface area contributed by atoms with Crippen LogP contribution in [0.15, 0.2) is 53.6 Å². The van der Waals surface area contributed by atoms with Crippen LogP contribution < -0.4 is 10.3 Å². The first-order chi connectivity index (χ1) is 13.2. The summed E-state index contributed by atoms with van der Waals surface area (Å²) in [5.41, 5.74) is 2.07. The third-order valence-corrected chi connectivity index (χ3v) is 4.44. The molecule has 0 radical (unpaired) electrons. The Bertz CT molecular complexity index is 969. The molecule has 2 aromatic heterocycles. The van der Waals surface area contributed by atoms with E-state index in [9.17, 15) is 4.79 Å². The van der Waals surface area contributed by atoms with Crippen LogP contribution in [0.25, 0.3) is 11.3 Å². The van der Waals surface area contributed by atoms with Gasteiger partial charge in [0.1, 0.15) is 0 Å². The largest absolute Gasteiger partial charge is 0.463 e. The van der Waals surface area contributed by atoms with Crippen LogP contribution >= 0.6 is 11.6 Å². The van der Waals surface area contributed by atoms with Gasteiger partial charge < -0.3 is 9.47 Å². The predicted molar refractivity (Wildman–Crippen MR) is 99.9 cm³/mol.